The Balaban J connectivity index is 2.34. The maximum Gasteiger partial charge on any atom is 0.0767 e. The largest absolute Gasteiger partial charge is 0.311 e. The lowest BCUT2D eigenvalue weighted by Crippen LogP contribution is -2.18. The molecule has 5 heteroatoms. The van der Waals surface area contributed by atoms with E-state index in [0.717, 1.165) is 44.0 Å². The van der Waals surface area contributed by atoms with Crippen LogP contribution < -0.4 is 5.32 Å². The van der Waals surface area contributed by atoms with Crippen molar-refractivity contribution in [1.82, 2.24) is 15.1 Å². The summed E-state index contributed by atoms with van der Waals surface area (Å²) in [5.41, 5.74) is 2.42. The van der Waals surface area contributed by atoms with Gasteiger partial charge in [-0.2, -0.15) is 5.10 Å². The third-order valence-electron chi connectivity index (χ3n) is 3.22. The Kier molecular flexibility index (Phi) is 8.75. The number of rotatable bonds is 10. The van der Waals surface area contributed by atoms with E-state index in [9.17, 15) is 0 Å². The minimum absolute atomic E-state index is 0.788. The summed E-state index contributed by atoms with van der Waals surface area (Å²) in [5, 5.41) is 8.11. The van der Waals surface area contributed by atoms with Gasteiger partial charge in [-0.1, -0.05) is 19.8 Å². The van der Waals surface area contributed by atoms with Crippen LogP contribution in [0.15, 0.2) is 4.47 Å². The molecule has 0 aliphatic heterocycles. The number of nitrogens with one attached hydrogen (secondary N) is 1. The maximum absolute atomic E-state index is 5.66. The minimum atomic E-state index is 0.788. The van der Waals surface area contributed by atoms with Crippen LogP contribution in [-0.2, 0) is 19.5 Å². The van der Waals surface area contributed by atoms with Crippen molar-refractivity contribution in [2.45, 2.75) is 59.0 Å². The molecule has 1 heterocycles. The molecule has 0 aliphatic carbocycles. The predicted octanol–water partition coefficient (Wildman–Crippen LogP) is 4.12. The first kappa shape index (κ1) is 17.0. The number of halogens is 2. The highest BCUT2D eigenvalue weighted by atomic mass is 79.9. The highest BCUT2D eigenvalue weighted by Gasteiger charge is 2.12. The number of hydrogen-bond donors (Lipinski definition) is 1. The van der Waals surface area contributed by atoms with Crippen molar-refractivity contribution in [2.24, 2.45) is 0 Å². The van der Waals surface area contributed by atoms with E-state index < -0.39 is 0 Å². The molecular formula is C14H25BrClN3. The number of unbranched alkanes of at least 4 members (excludes halogenated alkanes) is 3. The zero-order chi connectivity index (χ0) is 14.1. The molecule has 0 unspecified atom stereocenters. The summed E-state index contributed by atoms with van der Waals surface area (Å²) < 4.78 is 3.26. The number of aryl methyl sites for hydroxylation is 2. The van der Waals surface area contributed by atoms with Gasteiger partial charge in [0.1, 0.15) is 0 Å². The molecule has 0 amide bonds. The first-order valence-corrected chi connectivity index (χ1v) is 8.58. The number of alkyl halides is 1. The van der Waals surface area contributed by atoms with Gasteiger partial charge in [-0.05, 0) is 48.7 Å². The summed E-state index contributed by atoms with van der Waals surface area (Å²) in [6.07, 6.45) is 5.82. The molecule has 0 saturated carbocycles. The highest BCUT2D eigenvalue weighted by Crippen LogP contribution is 2.22. The summed E-state index contributed by atoms with van der Waals surface area (Å²) in [6, 6.07) is 0. The van der Waals surface area contributed by atoms with Crippen molar-refractivity contribution in [3.05, 3.63) is 15.9 Å². The standard InChI is InChI=1S/C14H25BrClN3/c1-3-12-14(15)13(19(4-2)18-12)11-17-10-8-6-5-7-9-16/h17H,3-11H2,1-2H3. The maximum atomic E-state index is 5.66. The van der Waals surface area contributed by atoms with Gasteiger partial charge in [0, 0.05) is 19.0 Å². The van der Waals surface area contributed by atoms with Gasteiger partial charge in [-0.25, -0.2) is 0 Å². The number of hydrogen-bond acceptors (Lipinski definition) is 2. The van der Waals surface area contributed by atoms with E-state index in [1.807, 2.05) is 0 Å². The van der Waals surface area contributed by atoms with Gasteiger partial charge in [0.05, 0.1) is 15.9 Å². The SMILES string of the molecule is CCc1nn(CC)c(CNCCCCCCCl)c1Br. The van der Waals surface area contributed by atoms with Crippen LogP contribution in [0, 0.1) is 0 Å². The molecule has 0 spiro atoms. The third-order valence-corrected chi connectivity index (χ3v) is 4.41. The molecule has 0 atom stereocenters. The molecule has 3 nitrogen and oxygen atoms in total. The Morgan fingerprint density at radius 2 is 1.95 bits per heavy atom. The van der Waals surface area contributed by atoms with E-state index in [0.29, 0.717) is 0 Å². The van der Waals surface area contributed by atoms with Crippen LogP contribution in [0.5, 0.6) is 0 Å². The van der Waals surface area contributed by atoms with E-state index in [4.69, 9.17) is 11.6 Å². The summed E-state index contributed by atoms with van der Waals surface area (Å²) in [4.78, 5) is 0. The van der Waals surface area contributed by atoms with E-state index >= 15 is 0 Å². The normalized spacial score (nSPS) is 11.2. The van der Waals surface area contributed by atoms with E-state index in [1.165, 1.54) is 29.4 Å². The topological polar surface area (TPSA) is 29.9 Å². The smallest absolute Gasteiger partial charge is 0.0767 e. The van der Waals surface area contributed by atoms with Crippen LogP contribution in [0.2, 0.25) is 0 Å². The first-order chi connectivity index (χ1) is 9.24. The van der Waals surface area contributed by atoms with E-state index in [-0.39, 0.29) is 0 Å². The van der Waals surface area contributed by atoms with Crippen molar-refractivity contribution in [1.29, 1.82) is 0 Å². The molecule has 1 rings (SSSR count). The van der Waals surface area contributed by atoms with Crippen LogP contribution >= 0.6 is 27.5 Å². The Hall–Kier alpha value is -0.0600. The van der Waals surface area contributed by atoms with Crippen molar-refractivity contribution in [3.8, 4) is 0 Å². The average Bonchev–Trinajstić information content (AvgIpc) is 2.74. The molecule has 1 aromatic rings. The summed E-state index contributed by atoms with van der Waals surface area (Å²) in [7, 11) is 0. The molecule has 0 saturated heterocycles. The fourth-order valence-corrected chi connectivity index (χ4v) is 2.98. The first-order valence-electron chi connectivity index (χ1n) is 7.25. The lowest BCUT2D eigenvalue weighted by molar-refractivity contribution is 0.555. The van der Waals surface area contributed by atoms with Crippen LogP contribution in [0.4, 0.5) is 0 Å². The molecule has 110 valence electrons. The van der Waals surface area contributed by atoms with E-state index in [2.05, 4.69) is 44.9 Å². The lowest BCUT2D eigenvalue weighted by Gasteiger charge is -2.07. The number of aromatic nitrogens is 2. The second-order valence-electron chi connectivity index (χ2n) is 4.66. The van der Waals surface area contributed by atoms with Gasteiger partial charge in [0.2, 0.25) is 0 Å². The zero-order valence-corrected chi connectivity index (χ0v) is 14.4. The predicted molar refractivity (Wildman–Crippen MR) is 85.9 cm³/mol. The van der Waals surface area contributed by atoms with Crippen LogP contribution in [0.1, 0.15) is 50.9 Å². The minimum Gasteiger partial charge on any atom is -0.311 e. The molecule has 1 N–H and O–H groups in total. The Morgan fingerprint density at radius 1 is 1.21 bits per heavy atom. The molecule has 1 aromatic heterocycles. The molecule has 0 bridgehead atoms. The Labute approximate surface area is 130 Å². The molecular weight excluding hydrogens is 326 g/mol. The molecule has 19 heavy (non-hydrogen) atoms. The summed E-state index contributed by atoms with van der Waals surface area (Å²) >= 11 is 9.33. The monoisotopic (exact) mass is 349 g/mol. The number of nitrogens with zero attached hydrogens (tertiary/aromatic N) is 2. The second kappa shape index (κ2) is 9.78. The van der Waals surface area contributed by atoms with Gasteiger partial charge >= 0.3 is 0 Å². The van der Waals surface area contributed by atoms with Gasteiger partial charge in [0.15, 0.2) is 0 Å². The molecule has 0 fully saturated rings. The fraction of sp³-hybridized carbons (Fsp3) is 0.786. The van der Waals surface area contributed by atoms with Gasteiger partial charge in [0.25, 0.3) is 0 Å². The van der Waals surface area contributed by atoms with Crippen molar-refractivity contribution < 1.29 is 0 Å². The van der Waals surface area contributed by atoms with Crippen molar-refractivity contribution in [3.63, 3.8) is 0 Å². The van der Waals surface area contributed by atoms with Gasteiger partial charge in [-0.15, -0.1) is 11.6 Å². The van der Waals surface area contributed by atoms with Crippen LogP contribution in [0.25, 0.3) is 0 Å². The summed E-state index contributed by atoms with van der Waals surface area (Å²) in [5.74, 6) is 0.788. The molecule has 0 aromatic carbocycles. The van der Waals surface area contributed by atoms with Crippen molar-refractivity contribution in [2.75, 3.05) is 12.4 Å². The Morgan fingerprint density at radius 3 is 2.58 bits per heavy atom. The van der Waals surface area contributed by atoms with Crippen molar-refractivity contribution >= 4 is 27.5 Å². The Bertz CT molecular complexity index is 366. The van der Waals surface area contributed by atoms with Gasteiger partial charge in [-0.3, -0.25) is 4.68 Å². The molecule has 0 radical (unpaired) electrons. The van der Waals surface area contributed by atoms with Gasteiger partial charge < -0.3 is 5.32 Å². The quantitative estimate of drug-likeness (QED) is 0.508. The van der Waals surface area contributed by atoms with Crippen LogP contribution in [0.3, 0.4) is 0 Å². The second-order valence-corrected chi connectivity index (χ2v) is 5.83. The lowest BCUT2D eigenvalue weighted by atomic mass is 10.2. The third kappa shape index (κ3) is 5.44. The highest BCUT2D eigenvalue weighted by molar-refractivity contribution is 9.10. The van der Waals surface area contributed by atoms with E-state index in [1.54, 1.807) is 0 Å². The zero-order valence-electron chi connectivity index (χ0n) is 12.0. The average molecular weight is 351 g/mol. The fourth-order valence-electron chi connectivity index (χ4n) is 2.09. The molecule has 0 aliphatic rings. The van der Waals surface area contributed by atoms with Crippen LogP contribution in [-0.4, -0.2) is 22.2 Å². The summed E-state index contributed by atoms with van der Waals surface area (Å²) in [6.45, 7) is 7.14.